The molecule has 92 heavy (non-hydrogen) atoms. The van der Waals surface area contributed by atoms with Gasteiger partial charge in [-0.15, -0.1) is 0 Å². The lowest BCUT2D eigenvalue weighted by molar-refractivity contribution is -0.161. The van der Waals surface area contributed by atoms with Gasteiger partial charge < -0.3 is 33.8 Å². The average molecular weight is 1350 g/mol. The summed E-state index contributed by atoms with van der Waals surface area (Å²) in [5, 5.41) is 10.6. The molecule has 19 heteroatoms. The molecule has 546 valence electrons. The first-order valence-corrected chi connectivity index (χ1v) is 40.7. The first-order chi connectivity index (χ1) is 44.1. The van der Waals surface area contributed by atoms with Gasteiger partial charge in [0.1, 0.15) is 19.3 Å². The van der Waals surface area contributed by atoms with E-state index in [1.54, 1.807) is 0 Å². The number of ether oxygens (including phenoxy) is 4. The Morgan fingerprint density at radius 3 is 0.674 bits per heavy atom. The molecular weight excluding hydrogens is 1210 g/mol. The third kappa shape index (κ3) is 66.7. The molecule has 0 aromatic heterocycles. The Labute approximate surface area is 562 Å². The van der Waals surface area contributed by atoms with Crippen molar-refractivity contribution in [3.63, 3.8) is 0 Å². The van der Waals surface area contributed by atoms with Gasteiger partial charge in [-0.3, -0.25) is 37.3 Å². The molecule has 5 atom stereocenters. The van der Waals surface area contributed by atoms with Gasteiger partial charge >= 0.3 is 39.5 Å². The Kier molecular flexibility index (Phi) is 61.3. The second-order valence-electron chi connectivity index (χ2n) is 28.2. The van der Waals surface area contributed by atoms with E-state index in [1.807, 2.05) is 0 Å². The van der Waals surface area contributed by atoms with E-state index in [0.717, 1.165) is 114 Å². The maximum Gasteiger partial charge on any atom is 0.472 e. The van der Waals surface area contributed by atoms with Crippen molar-refractivity contribution in [3.8, 4) is 0 Å². The molecule has 0 aromatic carbocycles. The summed E-state index contributed by atoms with van der Waals surface area (Å²) in [5.41, 5.74) is 0. The highest BCUT2D eigenvalue weighted by atomic mass is 31.2. The van der Waals surface area contributed by atoms with Gasteiger partial charge in [-0.05, 0) is 49.4 Å². The van der Waals surface area contributed by atoms with Crippen molar-refractivity contribution in [2.75, 3.05) is 39.6 Å². The molecule has 0 heterocycles. The van der Waals surface area contributed by atoms with Gasteiger partial charge in [-0.1, -0.05) is 312 Å². The molecule has 0 aromatic rings. The van der Waals surface area contributed by atoms with Crippen molar-refractivity contribution >= 4 is 39.5 Å². The van der Waals surface area contributed by atoms with Gasteiger partial charge in [-0.2, -0.15) is 0 Å². The molecule has 17 nitrogen and oxygen atoms in total. The van der Waals surface area contributed by atoms with Crippen LogP contribution in [-0.4, -0.2) is 96.7 Å². The van der Waals surface area contributed by atoms with Crippen LogP contribution in [0.3, 0.4) is 0 Å². The first kappa shape index (κ1) is 90.1. The van der Waals surface area contributed by atoms with Crippen LogP contribution in [0.1, 0.15) is 364 Å². The molecule has 0 bridgehead atoms. The van der Waals surface area contributed by atoms with Crippen LogP contribution in [0, 0.1) is 23.7 Å². The highest BCUT2D eigenvalue weighted by molar-refractivity contribution is 7.47. The second-order valence-corrected chi connectivity index (χ2v) is 31.1. The fourth-order valence-electron chi connectivity index (χ4n) is 11.0. The number of aliphatic hydroxyl groups is 1. The van der Waals surface area contributed by atoms with E-state index < -0.39 is 97.5 Å². The molecule has 0 aliphatic heterocycles. The summed E-state index contributed by atoms with van der Waals surface area (Å²) in [6.07, 6.45) is 45.9. The zero-order chi connectivity index (χ0) is 68.2. The lowest BCUT2D eigenvalue weighted by Gasteiger charge is -2.21. The average Bonchev–Trinajstić information content (AvgIpc) is 1.38. The minimum atomic E-state index is -4.96. The summed E-state index contributed by atoms with van der Waals surface area (Å²) in [7, 11) is -9.91. The molecule has 3 N–H and O–H groups in total. The van der Waals surface area contributed by atoms with E-state index in [4.69, 9.17) is 37.0 Å². The zero-order valence-electron chi connectivity index (χ0n) is 60.2. The van der Waals surface area contributed by atoms with E-state index in [2.05, 4.69) is 55.4 Å². The number of carbonyl (C=O) groups is 4. The van der Waals surface area contributed by atoms with Crippen LogP contribution in [0.4, 0.5) is 0 Å². The van der Waals surface area contributed by atoms with E-state index in [9.17, 15) is 43.2 Å². The highest BCUT2D eigenvalue weighted by Gasteiger charge is 2.30. The third-order valence-electron chi connectivity index (χ3n) is 16.8. The number of phosphoric acid groups is 2. The maximum absolute atomic E-state index is 13.0. The van der Waals surface area contributed by atoms with E-state index in [-0.39, 0.29) is 25.7 Å². The maximum atomic E-state index is 13.0. The molecule has 3 unspecified atom stereocenters. The van der Waals surface area contributed by atoms with Crippen molar-refractivity contribution in [1.29, 1.82) is 0 Å². The van der Waals surface area contributed by atoms with Crippen molar-refractivity contribution in [3.05, 3.63) is 0 Å². The molecule has 0 rings (SSSR count). The van der Waals surface area contributed by atoms with E-state index >= 15 is 0 Å². The number of esters is 4. The first-order valence-electron chi connectivity index (χ1n) is 37.7. The highest BCUT2D eigenvalue weighted by Crippen LogP contribution is 2.45. The number of rotatable bonds is 70. The second kappa shape index (κ2) is 62.6. The fourth-order valence-corrected chi connectivity index (χ4v) is 12.6. The van der Waals surface area contributed by atoms with Crippen LogP contribution < -0.4 is 0 Å². The van der Waals surface area contributed by atoms with Crippen molar-refractivity contribution < 1.29 is 80.2 Å². The van der Waals surface area contributed by atoms with Gasteiger partial charge in [0.05, 0.1) is 26.4 Å². The normalized spacial score (nSPS) is 14.2. The molecule has 0 amide bonds. The summed E-state index contributed by atoms with van der Waals surface area (Å²) in [6.45, 7) is 14.1. The topological polar surface area (TPSA) is 237 Å². The molecule has 0 fully saturated rings. The van der Waals surface area contributed by atoms with Crippen LogP contribution in [0.25, 0.3) is 0 Å². The van der Waals surface area contributed by atoms with E-state index in [1.165, 1.54) is 161 Å². The predicted octanol–water partition coefficient (Wildman–Crippen LogP) is 20.9. The third-order valence-corrected chi connectivity index (χ3v) is 18.7. The van der Waals surface area contributed by atoms with Gasteiger partial charge in [-0.25, -0.2) is 9.13 Å². The van der Waals surface area contributed by atoms with E-state index in [0.29, 0.717) is 31.6 Å². The van der Waals surface area contributed by atoms with Gasteiger partial charge in [0.15, 0.2) is 12.2 Å². The van der Waals surface area contributed by atoms with Crippen molar-refractivity contribution in [2.24, 2.45) is 23.7 Å². The molecule has 0 aliphatic rings. The van der Waals surface area contributed by atoms with Crippen LogP contribution in [0.15, 0.2) is 0 Å². The Balaban J connectivity index is 5.25. The quantitative estimate of drug-likeness (QED) is 0.0222. The standard InChI is InChI=1S/C73H142O17P2/c1-63(2)49-41-33-25-18-12-10-9-11-13-21-29-37-45-53-70(75)83-59-68(89-72(77)55-47-39-30-22-16-14-19-26-34-42-50-64(3)4)61-87-91(79,80)85-57-67(74)58-86-92(81,82)88-62-69(60-84-71(76)54-46-38-32-24-28-36-44-52-66(7)8)90-73(78)56-48-40-31-23-17-15-20-27-35-43-51-65(5)6/h63-69,74H,9-62H2,1-8H3,(H,79,80)(H,81,82)/t67?,68-,69-/m1/s1. The number of hydrogen-bond acceptors (Lipinski definition) is 15. The smallest absolute Gasteiger partial charge is 0.462 e. The monoisotopic (exact) mass is 1350 g/mol. The molecule has 0 saturated carbocycles. The number of carbonyl (C=O) groups excluding carboxylic acids is 4. The Morgan fingerprint density at radius 1 is 0.272 bits per heavy atom. The Bertz CT molecular complexity index is 1820. The largest absolute Gasteiger partial charge is 0.472 e. The zero-order valence-corrected chi connectivity index (χ0v) is 62.0. The minimum absolute atomic E-state index is 0.105. The molecule has 0 saturated heterocycles. The molecule has 0 aliphatic carbocycles. The van der Waals surface area contributed by atoms with Crippen LogP contribution >= 0.6 is 15.6 Å². The summed E-state index contributed by atoms with van der Waals surface area (Å²) in [4.78, 5) is 72.7. The van der Waals surface area contributed by atoms with Crippen LogP contribution in [-0.2, 0) is 65.4 Å². The lowest BCUT2D eigenvalue weighted by atomic mass is 10.0. The van der Waals surface area contributed by atoms with Crippen molar-refractivity contribution in [1.82, 2.24) is 0 Å². The number of unbranched alkanes of at least 4 members (excludes halogenated alkanes) is 36. The summed E-state index contributed by atoms with van der Waals surface area (Å²) >= 11 is 0. The van der Waals surface area contributed by atoms with Gasteiger partial charge in [0.25, 0.3) is 0 Å². The summed E-state index contributed by atoms with van der Waals surface area (Å²) < 4.78 is 68.4. The Hall–Kier alpha value is -1.94. The summed E-state index contributed by atoms with van der Waals surface area (Å²) in [5.74, 6) is 0.875. The number of hydrogen-bond donors (Lipinski definition) is 3. The number of phosphoric ester groups is 2. The SMILES string of the molecule is CC(C)CCCCCCCCCCCCCCCC(=O)OC[C@H](COP(=O)(O)OCC(O)COP(=O)(O)OC[C@@H](COC(=O)CCCCCCCCCC(C)C)OC(=O)CCCCCCCCCCCCC(C)C)OC(=O)CCCCCCCCCCCCC(C)C. The van der Waals surface area contributed by atoms with Crippen molar-refractivity contribution in [2.45, 2.75) is 382 Å². The molecular formula is C73H142O17P2. The van der Waals surface area contributed by atoms with Gasteiger partial charge in [0, 0.05) is 25.7 Å². The molecule has 0 spiro atoms. The van der Waals surface area contributed by atoms with Gasteiger partial charge in [0.2, 0.25) is 0 Å². The lowest BCUT2D eigenvalue weighted by Crippen LogP contribution is -2.30. The number of aliphatic hydroxyl groups excluding tert-OH is 1. The Morgan fingerprint density at radius 2 is 0.457 bits per heavy atom. The molecule has 0 radical (unpaired) electrons. The summed E-state index contributed by atoms with van der Waals surface area (Å²) in [6, 6.07) is 0. The van der Waals surface area contributed by atoms with Crippen LogP contribution in [0.5, 0.6) is 0 Å². The predicted molar refractivity (Wildman–Crippen MR) is 372 cm³/mol. The van der Waals surface area contributed by atoms with Crippen LogP contribution in [0.2, 0.25) is 0 Å². The fraction of sp³-hybridized carbons (Fsp3) is 0.945. The minimum Gasteiger partial charge on any atom is -0.462 e.